The van der Waals surface area contributed by atoms with Gasteiger partial charge in [-0.05, 0) is 25.8 Å². The molecule has 0 spiro atoms. The predicted molar refractivity (Wildman–Crippen MR) is 107 cm³/mol. The van der Waals surface area contributed by atoms with Gasteiger partial charge in [-0.2, -0.15) is 0 Å². The highest BCUT2D eigenvalue weighted by Crippen LogP contribution is 2.29. The van der Waals surface area contributed by atoms with Crippen molar-refractivity contribution in [2.24, 2.45) is 0 Å². The summed E-state index contributed by atoms with van der Waals surface area (Å²) in [6.07, 6.45) is 2.15. The van der Waals surface area contributed by atoms with Crippen LogP contribution in [0.5, 0.6) is 0 Å². The first-order valence-corrected chi connectivity index (χ1v) is 9.98. The fraction of sp³-hybridized carbons (Fsp3) is 0.500. The lowest BCUT2D eigenvalue weighted by Crippen LogP contribution is -2.48. The lowest BCUT2D eigenvalue weighted by Gasteiger charge is -2.35. The van der Waals surface area contributed by atoms with E-state index in [1.54, 1.807) is 11.0 Å². The van der Waals surface area contributed by atoms with Crippen molar-refractivity contribution in [1.82, 2.24) is 15.0 Å². The summed E-state index contributed by atoms with van der Waals surface area (Å²) in [7, 11) is 0. The number of anilines is 1. The first kappa shape index (κ1) is 19.4. The van der Waals surface area contributed by atoms with Gasteiger partial charge < -0.3 is 14.3 Å². The fourth-order valence-corrected chi connectivity index (χ4v) is 4.03. The van der Waals surface area contributed by atoms with Crippen molar-refractivity contribution in [3.63, 3.8) is 0 Å². The summed E-state index contributed by atoms with van der Waals surface area (Å²) in [4.78, 5) is 30.2. The maximum absolute atomic E-state index is 13.3. The summed E-state index contributed by atoms with van der Waals surface area (Å²) in [6.45, 7) is 6.91. The average molecular weight is 399 g/mol. The second-order valence-electron chi connectivity index (χ2n) is 7.66. The van der Waals surface area contributed by atoms with Crippen LogP contribution in [0.3, 0.4) is 0 Å². The normalized spacial score (nSPS) is 17.7. The minimum absolute atomic E-state index is 0.0457. The van der Waals surface area contributed by atoms with Crippen LogP contribution in [0.15, 0.2) is 28.8 Å². The van der Waals surface area contributed by atoms with E-state index in [1.165, 1.54) is 12.1 Å². The van der Waals surface area contributed by atoms with Crippen molar-refractivity contribution in [2.45, 2.75) is 26.3 Å². The summed E-state index contributed by atoms with van der Waals surface area (Å²) in [6, 6.07) is 6.56. The number of non-ortho nitro benzene ring substituents is 1. The van der Waals surface area contributed by atoms with Crippen LogP contribution in [0.1, 0.15) is 34.7 Å². The Morgan fingerprint density at radius 2 is 1.86 bits per heavy atom. The smallest absolute Gasteiger partial charge is 0.270 e. The number of benzene rings is 1. The molecule has 0 aliphatic carbocycles. The molecule has 0 bridgehead atoms. The fourth-order valence-electron chi connectivity index (χ4n) is 4.03. The summed E-state index contributed by atoms with van der Waals surface area (Å²) in [5.74, 6) is 0.683. The average Bonchev–Trinajstić information content (AvgIpc) is 3.39. The van der Waals surface area contributed by atoms with Crippen LogP contribution < -0.4 is 4.90 Å². The zero-order valence-corrected chi connectivity index (χ0v) is 16.5. The highest BCUT2D eigenvalue weighted by molar-refractivity contribution is 6.00. The molecule has 1 aromatic heterocycles. The third kappa shape index (κ3) is 4.24. The molecule has 0 atom stereocenters. The number of nitro benzene ring substituents is 1. The molecule has 2 saturated heterocycles. The molecule has 29 heavy (non-hydrogen) atoms. The van der Waals surface area contributed by atoms with Crippen LogP contribution in [-0.4, -0.2) is 65.1 Å². The Bertz CT molecular complexity index is 898. The lowest BCUT2D eigenvalue weighted by atomic mass is 10.1. The molecule has 2 fully saturated rings. The van der Waals surface area contributed by atoms with Crippen molar-refractivity contribution >= 4 is 17.3 Å². The van der Waals surface area contributed by atoms with Gasteiger partial charge in [-0.25, -0.2) is 0 Å². The highest BCUT2D eigenvalue weighted by atomic mass is 16.6. The molecule has 2 aromatic rings. The van der Waals surface area contributed by atoms with Gasteiger partial charge in [0.25, 0.3) is 11.6 Å². The molecule has 0 saturated carbocycles. The number of carbonyl (C=O) groups excluding carboxylic acids is 1. The molecule has 3 heterocycles. The highest BCUT2D eigenvalue weighted by Gasteiger charge is 2.28. The Morgan fingerprint density at radius 3 is 2.48 bits per heavy atom. The summed E-state index contributed by atoms with van der Waals surface area (Å²) < 4.78 is 5.28. The third-order valence-electron chi connectivity index (χ3n) is 5.58. The van der Waals surface area contributed by atoms with E-state index >= 15 is 0 Å². The number of amides is 1. The van der Waals surface area contributed by atoms with Gasteiger partial charge in [-0.1, -0.05) is 5.16 Å². The Hall–Kier alpha value is -2.94. The molecule has 0 radical (unpaired) electrons. The number of piperazine rings is 1. The molecule has 0 N–H and O–H groups in total. The number of nitro groups is 1. The van der Waals surface area contributed by atoms with Gasteiger partial charge in [0.05, 0.1) is 28.4 Å². The quantitative estimate of drug-likeness (QED) is 0.563. The van der Waals surface area contributed by atoms with Gasteiger partial charge in [0.2, 0.25) is 0 Å². The van der Waals surface area contributed by atoms with Crippen molar-refractivity contribution in [1.29, 1.82) is 0 Å². The number of aromatic nitrogens is 1. The van der Waals surface area contributed by atoms with Crippen molar-refractivity contribution < 1.29 is 14.2 Å². The second-order valence-corrected chi connectivity index (χ2v) is 7.66. The maximum atomic E-state index is 13.3. The van der Waals surface area contributed by atoms with Gasteiger partial charge in [-0.3, -0.25) is 19.8 Å². The minimum atomic E-state index is -0.443. The van der Waals surface area contributed by atoms with E-state index in [2.05, 4.69) is 15.0 Å². The standard InChI is InChI=1S/C20H25N5O4/c1-15-12-17(29-21-15)14-22-8-10-24(11-9-22)20(26)18-13-16(25(27)28)4-5-19(18)23-6-2-3-7-23/h4-5,12-13H,2-3,6-11,14H2,1H3. The third-order valence-corrected chi connectivity index (χ3v) is 5.58. The van der Waals surface area contributed by atoms with E-state index in [4.69, 9.17) is 4.52 Å². The summed E-state index contributed by atoms with van der Waals surface area (Å²) in [5.41, 5.74) is 2.04. The van der Waals surface area contributed by atoms with Gasteiger partial charge >= 0.3 is 0 Å². The SMILES string of the molecule is Cc1cc(CN2CCN(C(=O)c3cc([N+](=O)[O-])ccc3N3CCCC3)CC2)on1. The molecule has 2 aliphatic heterocycles. The van der Waals surface area contributed by atoms with E-state index in [-0.39, 0.29) is 11.6 Å². The molecule has 1 amide bonds. The Kier molecular flexibility index (Phi) is 5.48. The lowest BCUT2D eigenvalue weighted by molar-refractivity contribution is -0.384. The first-order chi connectivity index (χ1) is 14.0. The van der Waals surface area contributed by atoms with Crippen LogP contribution >= 0.6 is 0 Å². The largest absolute Gasteiger partial charge is 0.371 e. The number of hydrogen-bond acceptors (Lipinski definition) is 7. The molecule has 9 heteroatoms. The predicted octanol–water partition coefficient (Wildman–Crippen LogP) is 2.45. The number of rotatable bonds is 5. The van der Waals surface area contributed by atoms with E-state index < -0.39 is 4.92 Å². The van der Waals surface area contributed by atoms with Crippen molar-refractivity contribution in [3.8, 4) is 0 Å². The van der Waals surface area contributed by atoms with E-state index in [0.717, 1.165) is 56.2 Å². The van der Waals surface area contributed by atoms with Crippen LogP contribution in [0.4, 0.5) is 11.4 Å². The summed E-state index contributed by atoms with van der Waals surface area (Å²) in [5, 5.41) is 15.2. The van der Waals surface area contributed by atoms with E-state index in [9.17, 15) is 14.9 Å². The molecule has 9 nitrogen and oxygen atoms in total. The van der Waals surface area contributed by atoms with Gasteiger partial charge in [-0.15, -0.1) is 0 Å². The molecule has 2 aliphatic rings. The van der Waals surface area contributed by atoms with E-state index in [0.29, 0.717) is 25.2 Å². The minimum Gasteiger partial charge on any atom is -0.371 e. The monoisotopic (exact) mass is 399 g/mol. The van der Waals surface area contributed by atoms with Gasteiger partial charge in [0.1, 0.15) is 0 Å². The number of carbonyl (C=O) groups is 1. The number of aryl methyl sites for hydroxylation is 1. The maximum Gasteiger partial charge on any atom is 0.270 e. The number of nitrogens with zero attached hydrogens (tertiary/aromatic N) is 5. The molecule has 154 valence electrons. The molecule has 0 unspecified atom stereocenters. The molecular weight excluding hydrogens is 374 g/mol. The summed E-state index contributed by atoms with van der Waals surface area (Å²) >= 11 is 0. The van der Waals surface area contributed by atoms with E-state index in [1.807, 2.05) is 13.0 Å². The second kappa shape index (κ2) is 8.20. The van der Waals surface area contributed by atoms with Gasteiger partial charge in [0.15, 0.2) is 5.76 Å². The van der Waals surface area contributed by atoms with Crippen molar-refractivity contribution in [3.05, 3.63) is 51.4 Å². The van der Waals surface area contributed by atoms with Gasteiger partial charge in [0, 0.05) is 57.5 Å². The van der Waals surface area contributed by atoms with Crippen LogP contribution in [0, 0.1) is 17.0 Å². The Morgan fingerprint density at radius 1 is 1.14 bits per heavy atom. The van der Waals surface area contributed by atoms with Crippen LogP contribution in [0.2, 0.25) is 0 Å². The molecular formula is C20H25N5O4. The Labute approximate surface area is 169 Å². The topological polar surface area (TPSA) is 96.0 Å². The molecule has 1 aromatic carbocycles. The van der Waals surface area contributed by atoms with Crippen molar-refractivity contribution in [2.75, 3.05) is 44.2 Å². The number of hydrogen-bond donors (Lipinski definition) is 0. The zero-order valence-electron chi connectivity index (χ0n) is 16.5. The molecule has 4 rings (SSSR count). The van der Waals surface area contributed by atoms with Crippen LogP contribution in [-0.2, 0) is 6.54 Å². The first-order valence-electron chi connectivity index (χ1n) is 9.98. The van der Waals surface area contributed by atoms with Crippen LogP contribution in [0.25, 0.3) is 0 Å². The zero-order chi connectivity index (χ0) is 20.4. The Balaban J connectivity index is 1.47.